The van der Waals surface area contributed by atoms with E-state index in [9.17, 15) is 0 Å². The summed E-state index contributed by atoms with van der Waals surface area (Å²) in [6.07, 6.45) is 4.23. The van der Waals surface area contributed by atoms with E-state index in [0.717, 1.165) is 24.5 Å². The fourth-order valence-corrected chi connectivity index (χ4v) is 2.04. The van der Waals surface area contributed by atoms with Crippen LogP contribution in [0.1, 0.15) is 35.8 Å². The van der Waals surface area contributed by atoms with Gasteiger partial charge in [-0.2, -0.15) is 0 Å². The molecule has 0 atom stereocenters. The lowest BCUT2D eigenvalue weighted by Crippen LogP contribution is -2.27. The predicted octanol–water partition coefficient (Wildman–Crippen LogP) is 1.72. The second-order valence-electron chi connectivity index (χ2n) is 4.01. The van der Waals surface area contributed by atoms with Crippen LogP contribution in [0.3, 0.4) is 0 Å². The Labute approximate surface area is 91.1 Å². The van der Waals surface area contributed by atoms with Crippen molar-refractivity contribution < 1.29 is 0 Å². The number of piperidine rings is 1. The number of hydrogen-bond acceptors (Lipinski definition) is 4. The fourth-order valence-electron chi connectivity index (χ4n) is 2.04. The second kappa shape index (κ2) is 5.19. The molecule has 0 unspecified atom stereocenters. The first-order valence-electron chi connectivity index (χ1n) is 5.28. The fraction of sp³-hybridized carbons (Fsp3) is 0.636. The molecule has 0 spiro atoms. The summed E-state index contributed by atoms with van der Waals surface area (Å²) in [5.74, 6) is 0.614. The Hall–Kier alpha value is -1.00. The SMILES string of the molecule is Cc1cnc(C)c(C2CCNCC2)n1.N. The molecule has 4 heteroatoms. The highest BCUT2D eigenvalue weighted by atomic mass is 14.9. The summed E-state index contributed by atoms with van der Waals surface area (Å²) >= 11 is 0. The summed E-state index contributed by atoms with van der Waals surface area (Å²) in [4.78, 5) is 8.98. The zero-order valence-electron chi connectivity index (χ0n) is 9.58. The molecule has 1 aliphatic heterocycles. The van der Waals surface area contributed by atoms with Crippen LogP contribution in [0.2, 0.25) is 0 Å². The first-order valence-corrected chi connectivity index (χ1v) is 5.28. The van der Waals surface area contributed by atoms with Gasteiger partial charge in [-0.05, 0) is 39.8 Å². The van der Waals surface area contributed by atoms with Crippen LogP contribution in [0, 0.1) is 13.8 Å². The monoisotopic (exact) mass is 208 g/mol. The van der Waals surface area contributed by atoms with Gasteiger partial charge in [-0.3, -0.25) is 9.97 Å². The molecule has 1 fully saturated rings. The van der Waals surface area contributed by atoms with Gasteiger partial charge in [0.1, 0.15) is 0 Å². The van der Waals surface area contributed by atoms with Gasteiger partial charge in [-0.15, -0.1) is 0 Å². The van der Waals surface area contributed by atoms with E-state index in [1.54, 1.807) is 0 Å². The number of aromatic nitrogens is 2. The predicted molar refractivity (Wildman–Crippen MR) is 61.4 cm³/mol. The number of nitrogens with zero attached hydrogens (tertiary/aromatic N) is 2. The molecule has 0 saturated carbocycles. The van der Waals surface area contributed by atoms with Crippen molar-refractivity contribution in [2.75, 3.05) is 13.1 Å². The Kier molecular flexibility index (Phi) is 4.17. The first-order chi connectivity index (χ1) is 6.77. The lowest BCUT2D eigenvalue weighted by molar-refractivity contribution is 0.450. The van der Waals surface area contributed by atoms with E-state index in [-0.39, 0.29) is 6.15 Å². The number of aryl methyl sites for hydroxylation is 2. The van der Waals surface area contributed by atoms with Crippen molar-refractivity contribution in [3.8, 4) is 0 Å². The lowest BCUT2D eigenvalue weighted by atomic mass is 9.93. The van der Waals surface area contributed by atoms with Crippen LogP contribution < -0.4 is 11.5 Å². The van der Waals surface area contributed by atoms with E-state index in [0.29, 0.717) is 5.92 Å². The van der Waals surface area contributed by atoms with Gasteiger partial charge in [0, 0.05) is 12.1 Å². The van der Waals surface area contributed by atoms with Gasteiger partial charge < -0.3 is 11.5 Å². The normalized spacial score (nSPS) is 17.2. The van der Waals surface area contributed by atoms with Crippen LogP contribution in [-0.4, -0.2) is 23.1 Å². The number of rotatable bonds is 1. The summed E-state index contributed by atoms with van der Waals surface area (Å²) in [7, 11) is 0. The number of hydrogen-bond donors (Lipinski definition) is 2. The standard InChI is InChI=1S/C11H17N3.H3N/c1-8-7-13-9(2)11(14-8)10-3-5-12-6-4-10;/h7,10,12H,3-6H2,1-2H3;1H3. The zero-order chi connectivity index (χ0) is 9.97. The molecule has 1 saturated heterocycles. The quantitative estimate of drug-likeness (QED) is 0.737. The third-order valence-corrected chi connectivity index (χ3v) is 2.84. The maximum Gasteiger partial charge on any atom is 0.0650 e. The molecule has 0 radical (unpaired) electrons. The Morgan fingerprint density at radius 1 is 1.27 bits per heavy atom. The molecule has 15 heavy (non-hydrogen) atoms. The van der Waals surface area contributed by atoms with Crippen LogP contribution in [0.15, 0.2) is 6.20 Å². The molecule has 0 amide bonds. The van der Waals surface area contributed by atoms with Gasteiger partial charge in [0.15, 0.2) is 0 Å². The highest BCUT2D eigenvalue weighted by molar-refractivity contribution is 5.17. The first kappa shape index (κ1) is 12.1. The maximum absolute atomic E-state index is 4.61. The van der Waals surface area contributed by atoms with Crippen molar-refractivity contribution in [1.29, 1.82) is 0 Å². The highest BCUT2D eigenvalue weighted by Gasteiger charge is 2.18. The lowest BCUT2D eigenvalue weighted by Gasteiger charge is -2.23. The van der Waals surface area contributed by atoms with E-state index in [4.69, 9.17) is 0 Å². The summed E-state index contributed by atoms with van der Waals surface area (Å²) < 4.78 is 0. The zero-order valence-corrected chi connectivity index (χ0v) is 9.58. The Morgan fingerprint density at radius 3 is 2.60 bits per heavy atom. The topological polar surface area (TPSA) is 72.8 Å². The highest BCUT2D eigenvalue weighted by Crippen LogP contribution is 2.25. The van der Waals surface area contributed by atoms with Gasteiger partial charge in [-0.25, -0.2) is 0 Å². The third-order valence-electron chi connectivity index (χ3n) is 2.84. The minimum absolute atomic E-state index is 0. The number of nitrogens with one attached hydrogen (secondary N) is 1. The minimum atomic E-state index is 0. The van der Waals surface area contributed by atoms with Crippen LogP contribution in [0.25, 0.3) is 0 Å². The summed E-state index contributed by atoms with van der Waals surface area (Å²) in [6.45, 7) is 6.29. The summed E-state index contributed by atoms with van der Waals surface area (Å²) in [6, 6.07) is 0. The van der Waals surface area contributed by atoms with E-state index in [1.165, 1.54) is 18.5 Å². The van der Waals surface area contributed by atoms with E-state index in [2.05, 4.69) is 22.2 Å². The van der Waals surface area contributed by atoms with Crippen molar-refractivity contribution in [2.24, 2.45) is 0 Å². The maximum atomic E-state index is 4.61. The van der Waals surface area contributed by atoms with Crippen molar-refractivity contribution in [2.45, 2.75) is 32.6 Å². The molecule has 84 valence electrons. The molecule has 1 aromatic rings. The minimum Gasteiger partial charge on any atom is -0.344 e. The largest absolute Gasteiger partial charge is 0.344 e. The van der Waals surface area contributed by atoms with Gasteiger partial charge in [0.2, 0.25) is 0 Å². The Balaban J connectivity index is 0.00000112. The molecule has 1 aromatic heterocycles. The Bertz CT molecular complexity index is 318. The van der Waals surface area contributed by atoms with Crippen molar-refractivity contribution in [3.05, 3.63) is 23.3 Å². The average Bonchev–Trinajstić information content (AvgIpc) is 2.23. The van der Waals surface area contributed by atoms with Gasteiger partial charge in [0.25, 0.3) is 0 Å². The van der Waals surface area contributed by atoms with E-state index < -0.39 is 0 Å². The van der Waals surface area contributed by atoms with Crippen LogP contribution >= 0.6 is 0 Å². The molecular formula is C11H20N4. The average molecular weight is 208 g/mol. The molecule has 4 N–H and O–H groups in total. The molecule has 2 heterocycles. The van der Waals surface area contributed by atoms with Crippen LogP contribution in [-0.2, 0) is 0 Å². The van der Waals surface area contributed by atoms with E-state index >= 15 is 0 Å². The summed E-state index contributed by atoms with van der Waals surface area (Å²) in [5, 5.41) is 3.37. The van der Waals surface area contributed by atoms with Gasteiger partial charge in [0.05, 0.1) is 17.1 Å². The summed E-state index contributed by atoms with van der Waals surface area (Å²) in [5.41, 5.74) is 3.35. The molecule has 0 aliphatic carbocycles. The van der Waals surface area contributed by atoms with Crippen molar-refractivity contribution in [1.82, 2.24) is 21.4 Å². The van der Waals surface area contributed by atoms with Crippen molar-refractivity contribution >= 4 is 0 Å². The smallest absolute Gasteiger partial charge is 0.0650 e. The molecular weight excluding hydrogens is 188 g/mol. The van der Waals surface area contributed by atoms with Gasteiger partial charge in [-0.1, -0.05) is 0 Å². The van der Waals surface area contributed by atoms with E-state index in [1.807, 2.05) is 13.1 Å². The van der Waals surface area contributed by atoms with Crippen LogP contribution in [0.5, 0.6) is 0 Å². The van der Waals surface area contributed by atoms with Crippen molar-refractivity contribution in [3.63, 3.8) is 0 Å². The second-order valence-corrected chi connectivity index (χ2v) is 4.01. The third kappa shape index (κ3) is 2.73. The Morgan fingerprint density at radius 2 is 1.93 bits per heavy atom. The molecule has 1 aliphatic rings. The molecule has 0 aromatic carbocycles. The molecule has 4 nitrogen and oxygen atoms in total. The molecule has 2 rings (SSSR count). The molecule has 0 bridgehead atoms. The van der Waals surface area contributed by atoms with Crippen LogP contribution in [0.4, 0.5) is 0 Å². The van der Waals surface area contributed by atoms with Gasteiger partial charge >= 0.3 is 0 Å².